The van der Waals surface area contributed by atoms with E-state index < -0.39 is 17.4 Å². The van der Waals surface area contributed by atoms with Crippen molar-refractivity contribution >= 4 is 52.5 Å². The maximum Gasteiger partial charge on any atom is 0.304 e. The summed E-state index contributed by atoms with van der Waals surface area (Å²) in [4.78, 5) is 35.4. The highest BCUT2D eigenvalue weighted by Gasteiger charge is 2.51. The van der Waals surface area contributed by atoms with Gasteiger partial charge in [-0.05, 0) is 59.5 Å². The zero-order valence-electron chi connectivity index (χ0n) is 17.6. The molecule has 4 rings (SSSR count). The van der Waals surface area contributed by atoms with Crippen LogP contribution in [-0.4, -0.2) is 27.0 Å². The van der Waals surface area contributed by atoms with Gasteiger partial charge in [0.05, 0.1) is 17.9 Å². The van der Waals surface area contributed by atoms with Gasteiger partial charge in [-0.15, -0.1) is 0 Å². The standard InChI is InChI=1S/C24H20Cl3N3O3/c1-24(13-20(31)32)12-18(15-3-2-4-17(26)11-15)21(14-5-7-16(25)8-6-14)30(22(24)33)19-9-10-28-23(27)29-19/h2-11,18,21H,12-13H2,1H3,(H,31,32)/t18-,21?,24-/m1/s1. The largest absolute Gasteiger partial charge is 0.481 e. The van der Waals surface area contributed by atoms with Crippen LogP contribution < -0.4 is 4.90 Å². The second kappa shape index (κ2) is 9.29. The highest BCUT2D eigenvalue weighted by Crippen LogP contribution is 2.52. The Morgan fingerprint density at radius 2 is 1.82 bits per heavy atom. The number of anilines is 1. The van der Waals surface area contributed by atoms with Crippen molar-refractivity contribution in [1.82, 2.24) is 9.97 Å². The molecule has 1 N–H and O–H groups in total. The topological polar surface area (TPSA) is 83.4 Å². The Balaban J connectivity index is 1.96. The van der Waals surface area contributed by atoms with E-state index in [1.54, 1.807) is 31.2 Å². The maximum atomic E-state index is 13.9. The predicted octanol–water partition coefficient (Wildman–Crippen LogP) is 6.18. The summed E-state index contributed by atoms with van der Waals surface area (Å²) in [5, 5.41) is 10.7. The van der Waals surface area contributed by atoms with Crippen LogP contribution in [0.4, 0.5) is 5.82 Å². The number of benzene rings is 2. The molecule has 1 unspecified atom stereocenters. The fourth-order valence-electron chi connectivity index (χ4n) is 4.55. The summed E-state index contributed by atoms with van der Waals surface area (Å²) in [6.07, 6.45) is 1.45. The molecule has 0 aliphatic carbocycles. The van der Waals surface area contributed by atoms with Crippen molar-refractivity contribution in [3.8, 4) is 0 Å². The van der Waals surface area contributed by atoms with Crippen LogP contribution in [0.15, 0.2) is 60.8 Å². The first-order valence-corrected chi connectivity index (χ1v) is 11.4. The lowest BCUT2D eigenvalue weighted by molar-refractivity contribution is -0.145. The first-order chi connectivity index (χ1) is 15.7. The van der Waals surface area contributed by atoms with Gasteiger partial charge < -0.3 is 5.11 Å². The van der Waals surface area contributed by atoms with Crippen molar-refractivity contribution in [2.24, 2.45) is 5.41 Å². The molecule has 1 aliphatic rings. The number of carboxylic acids is 1. The summed E-state index contributed by atoms with van der Waals surface area (Å²) >= 11 is 18.5. The second-order valence-corrected chi connectivity index (χ2v) is 9.56. The van der Waals surface area contributed by atoms with Crippen molar-refractivity contribution in [2.45, 2.75) is 31.7 Å². The van der Waals surface area contributed by atoms with E-state index >= 15 is 0 Å². The maximum absolute atomic E-state index is 13.9. The average Bonchev–Trinajstić information content (AvgIpc) is 2.75. The molecule has 2 aromatic carbocycles. The zero-order valence-corrected chi connectivity index (χ0v) is 19.8. The lowest BCUT2D eigenvalue weighted by atomic mass is 9.67. The molecule has 6 nitrogen and oxygen atoms in total. The second-order valence-electron chi connectivity index (χ2n) is 8.35. The van der Waals surface area contributed by atoms with Crippen LogP contribution in [0.2, 0.25) is 15.3 Å². The van der Waals surface area contributed by atoms with Crippen LogP contribution in [0.3, 0.4) is 0 Å². The van der Waals surface area contributed by atoms with Crippen LogP contribution >= 0.6 is 34.8 Å². The number of carboxylic acid groups (broad SMARTS) is 1. The number of hydrogen-bond donors (Lipinski definition) is 1. The van der Waals surface area contributed by atoms with Gasteiger partial charge in [0.1, 0.15) is 5.82 Å². The van der Waals surface area contributed by atoms with Crippen molar-refractivity contribution in [2.75, 3.05) is 4.90 Å². The van der Waals surface area contributed by atoms with Crippen molar-refractivity contribution in [1.29, 1.82) is 0 Å². The van der Waals surface area contributed by atoms with Gasteiger partial charge in [0.25, 0.3) is 0 Å². The molecule has 9 heteroatoms. The fraction of sp³-hybridized carbons (Fsp3) is 0.250. The lowest BCUT2D eigenvalue weighted by Gasteiger charge is -2.48. The summed E-state index contributed by atoms with van der Waals surface area (Å²) in [6, 6.07) is 15.7. The number of piperidine rings is 1. The third-order valence-electron chi connectivity index (χ3n) is 5.95. The third-order valence-corrected chi connectivity index (χ3v) is 6.62. The minimum Gasteiger partial charge on any atom is -0.481 e. The Labute approximate surface area is 206 Å². The summed E-state index contributed by atoms with van der Waals surface area (Å²) in [5.74, 6) is -1.39. The van der Waals surface area contributed by atoms with Crippen LogP contribution in [0.25, 0.3) is 0 Å². The van der Waals surface area contributed by atoms with E-state index in [1.165, 1.54) is 11.1 Å². The van der Waals surface area contributed by atoms with Crippen LogP contribution in [0, 0.1) is 5.41 Å². The van der Waals surface area contributed by atoms with Gasteiger partial charge in [-0.1, -0.05) is 54.4 Å². The number of rotatable bonds is 5. The molecule has 0 saturated carbocycles. The molecule has 2 heterocycles. The molecule has 170 valence electrons. The summed E-state index contributed by atoms with van der Waals surface area (Å²) in [5.41, 5.74) is 0.528. The Hall–Kier alpha value is -2.67. The van der Waals surface area contributed by atoms with E-state index in [9.17, 15) is 14.7 Å². The number of aromatic nitrogens is 2. The Morgan fingerprint density at radius 3 is 2.45 bits per heavy atom. The molecule has 1 amide bonds. The quantitative estimate of drug-likeness (QED) is 0.420. The van der Waals surface area contributed by atoms with Gasteiger partial charge in [0.15, 0.2) is 0 Å². The molecule has 3 aromatic rings. The third kappa shape index (κ3) is 4.83. The number of amides is 1. The molecule has 1 aliphatic heterocycles. The molecular formula is C24H20Cl3N3O3. The smallest absolute Gasteiger partial charge is 0.304 e. The molecule has 0 spiro atoms. The van der Waals surface area contributed by atoms with Gasteiger partial charge in [-0.2, -0.15) is 0 Å². The molecule has 0 radical (unpaired) electrons. The average molecular weight is 505 g/mol. The Morgan fingerprint density at radius 1 is 1.09 bits per heavy atom. The SMILES string of the molecule is C[C@]1(CC(=O)O)C[C@H](c2cccc(Cl)c2)C(c2ccc(Cl)cc2)N(c2ccnc(Cl)n2)C1=O. The van der Waals surface area contributed by atoms with Gasteiger partial charge in [-0.3, -0.25) is 14.5 Å². The van der Waals surface area contributed by atoms with E-state index in [2.05, 4.69) is 9.97 Å². The monoisotopic (exact) mass is 503 g/mol. The number of carbonyl (C=O) groups is 2. The highest BCUT2D eigenvalue weighted by molar-refractivity contribution is 6.31. The van der Waals surface area contributed by atoms with Gasteiger partial charge in [0, 0.05) is 22.2 Å². The molecule has 33 heavy (non-hydrogen) atoms. The van der Waals surface area contributed by atoms with Gasteiger partial charge >= 0.3 is 5.97 Å². The molecule has 0 bridgehead atoms. The minimum atomic E-state index is -1.18. The number of hydrogen-bond acceptors (Lipinski definition) is 4. The normalized spacial score (nSPS) is 22.9. The molecule has 1 saturated heterocycles. The highest BCUT2D eigenvalue weighted by atomic mass is 35.5. The van der Waals surface area contributed by atoms with Crippen molar-refractivity contribution in [3.05, 3.63) is 87.2 Å². The van der Waals surface area contributed by atoms with E-state index in [1.807, 2.05) is 30.3 Å². The first-order valence-electron chi connectivity index (χ1n) is 10.2. The lowest BCUT2D eigenvalue weighted by Crippen LogP contribution is -2.53. The Bertz CT molecular complexity index is 1200. The van der Waals surface area contributed by atoms with E-state index in [0.29, 0.717) is 22.3 Å². The first kappa shape index (κ1) is 23.5. The number of carbonyl (C=O) groups excluding carboxylic acids is 1. The Kier molecular flexibility index (Phi) is 6.61. The molecule has 3 atom stereocenters. The summed E-state index contributed by atoms with van der Waals surface area (Å²) in [6.45, 7) is 1.68. The minimum absolute atomic E-state index is 0.0139. The van der Waals surface area contributed by atoms with Crippen LogP contribution in [-0.2, 0) is 9.59 Å². The number of nitrogens with zero attached hydrogens (tertiary/aromatic N) is 3. The summed E-state index contributed by atoms with van der Waals surface area (Å²) < 4.78 is 0. The van der Waals surface area contributed by atoms with Crippen LogP contribution in [0.5, 0.6) is 0 Å². The van der Waals surface area contributed by atoms with E-state index in [0.717, 1.165) is 11.1 Å². The molecular weight excluding hydrogens is 485 g/mol. The van der Waals surface area contributed by atoms with E-state index in [-0.39, 0.29) is 23.5 Å². The number of halogens is 3. The number of aliphatic carboxylic acids is 1. The predicted molar refractivity (Wildman–Crippen MR) is 128 cm³/mol. The molecule has 1 aromatic heterocycles. The molecule has 1 fully saturated rings. The van der Waals surface area contributed by atoms with Crippen molar-refractivity contribution < 1.29 is 14.7 Å². The van der Waals surface area contributed by atoms with Crippen molar-refractivity contribution in [3.63, 3.8) is 0 Å². The fourth-order valence-corrected chi connectivity index (χ4v) is 5.02. The summed E-state index contributed by atoms with van der Waals surface area (Å²) in [7, 11) is 0. The van der Waals surface area contributed by atoms with Gasteiger partial charge in [0.2, 0.25) is 11.2 Å². The van der Waals surface area contributed by atoms with Crippen LogP contribution in [0.1, 0.15) is 42.9 Å². The van der Waals surface area contributed by atoms with Gasteiger partial charge in [-0.25, -0.2) is 9.97 Å². The van der Waals surface area contributed by atoms with E-state index in [4.69, 9.17) is 34.8 Å². The zero-order chi connectivity index (χ0) is 23.8.